The van der Waals surface area contributed by atoms with Gasteiger partial charge in [0, 0.05) is 29.3 Å². The molecule has 2 aromatic rings. The first kappa shape index (κ1) is 21.6. The number of benzene rings is 1. The Balaban J connectivity index is 1.56. The summed E-state index contributed by atoms with van der Waals surface area (Å²) in [6, 6.07) is 7.55. The van der Waals surface area contributed by atoms with Crippen molar-refractivity contribution in [2.75, 3.05) is 13.2 Å². The number of ether oxygens (including phenoxy) is 3. The predicted octanol–water partition coefficient (Wildman–Crippen LogP) is 4.90. The van der Waals surface area contributed by atoms with Crippen molar-refractivity contribution >= 4 is 28.5 Å². The molecule has 8 heteroatoms. The van der Waals surface area contributed by atoms with Crippen LogP contribution in [-0.4, -0.2) is 39.9 Å². The van der Waals surface area contributed by atoms with Crippen LogP contribution in [0, 0.1) is 0 Å². The molecule has 1 aromatic heterocycles. The van der Waals surface area contributed by atoms with Gasteiger partial charge in [-0.25, -0.2) is 14.5 Å². The molecule has 3 heterocycles. The Hall–Kier alpha value is -4.20. The average molecular weight is 460 g/mol. The first-order valence-electron chi connectivity index (χ1n) is 11.3. The minimum Gasteiger partial charge on any atom is -0.464 e. The SMILES string of the molecule is CCOC(=O)C1=CN(C(=O)N(C2=CC=CCC2)C2=COC=CO2)CCc2c1[nH]c1ccccc21. The quantitative estimate of drug-likeness (QED) is 0.658. The Kier molecular flexibility index (Phi) is 5.95. The van der Waals surface area contributed by atoms with Crippen molar-refractivity contribution in [3.05, 3.63) is 90.3 Å². The number of esters is 1. The topological polar surface area (TPSA) is 84.1 Å². The summed E-state index contributed by atoms with van der Waals surface area (Å²) in [5.41, 5.74) is 3.69. The summed E-state index contributed by atoms with van der Waals surface area (Å²) < 4.78 is 16.2. The summed E-state index contributed by atoms with van der Waals surface area (Å²) in [5, 5.41) is 1.02. The second-order valence-corrected chi connectivity index (χ2v) is 7.96. The molecule has 5 rings (SSSR count). The largest absolute Gasteiger partial charge is 0.464 e. The number of carbonyl (C=O) groups is 2. The number of allylic oxidation sites excluding steroid dienone is 4. The molecule has 2 aliphatic heterocycles. The van der Waals surface area contributed by atoms with Gasteiger partial charge in [-0.15, -0.1) is 0 Å². The number of amides is 2. The predicted molar refractivity (Wildman–Crippen MR) is 126 cm³/mol. The Morgan fingerprint density at radius 3 is 2.85 bits per heavy atom. The maximum Gasteiger partial charge on any atom is 0.341 e. The molecule has 0 fully saturated rings. The number of nitrogens with zero attached hydrogens (tertiary/aromatic N) is 2. The summed E-state index contributed by atoms with van der Waals surface area (Å²) in [4.78, 5) is 33.3. The molecule has 3 aliphatic rings. The number of hydrogen-bond acceptors (Lipinski definition) is 5. The van der Waals surface area contributed by atoms with Crippen molar-refractivity contribution in [2.45, 2.75) is 26.2 Å². The average Bonchev–Trinajstić information content (AvgIpc) is 3.13. The minimum atomic E-state index is -0.485. The lowest BCUT2D eigenvalue weighted by molar-refractivity contribution is -0.136. The fraction of sp³-hybridized carbons (Fsp3) is 0.231. The van der Waals surface area contributed by atoms with Gasteiger partial charge in [-0.05, 0) is 43.9 Å². The molecule has 0 saturated carbocycles. The lowest BCUT2D eigenvalue weighted by Gasteiger charge is -2.31. The van der Waals surface area contributed by atoms with E-state index in [4.69, 9.17) is 14.2 Å². The van der Waals surface area contributed by atoms with Crippen LogP contribution in [0.2, 0.25) is 0 Å². The maximum atomic E-state index is 13.9. The number of aromatic nitrogens is 1. The van der Waals surface area contributed by atoms with Crippen molar-refractivity contribution in [1.29, 1.82) is 0 Å². The molecular formula is C26H25N3O5. The maximum absolute atomic E-state index is 13.9. The van der Waals surface area contributed by atoms with Gasteiger partial charge in [-0.1, -0.05) is 30.4 Å². The zero-order valence-electron chi connectivity index (χ0n) is 18.8. The zero-order chi connectivity index (χ0) is 23.5. The molecule has 0 saturated heterocycles. The van der Waals surface area contributed by atoms with Crippen molar-refractivity contribution in [3.63, 3.8) is 0 Å². The van der Waals surface area contributed by atoms with Crippen LogP contribution in [0.3, 0.4) is 0 Å². The van der Waals surface area contributed by atoms with E-state index in [-0.39, 0.29) is 18.5 Å². The van der Waals surface area contributed by atoms with E-state index in [1.54, 1.807) is 13.1 Å². The van der Waals surface area contributed by atoms with E-state index in [0.29, 0.717) is 30.7 Å². The van der Waals surface area contributed by atoms with Gasteiger partial charge in [0.1, 0.15) is 12.5 Å². The number of urea groups is 1. The zero-order valence-corrected chi connectivity index (χ0v) is 18.8. The number of rotatable bonds is 4. The third-order valence-corrected chi connectivity index (χ3v) is 5.89. The first-order chi connectivity index (χ1) is 16.7. The summed E-state index contributed by atoms with van der Waals surface area (Å²) in [7, 11) is 0. The number of hydrogen-bond donors (Lipinski definition) is 1. The standard InChI is InChI=1S/C26H25N3O5/c1-2-33-25(30)21-16-28(13-12-20-19-10-6-7-11-22(19)27-24(20)21)26(31)29(18-8-4-3-5-9-18)23-17-32-14-15-34-23/h3-4,6-8,10-11,14-17,27H,2,5,9,12-13H2,1H3. The van der Waals surface area contributed by atoms with Gasteiger partial charge in [0.2, 0.25) is 5.88 Å². The molecule has 0 unspecified atom stereocenters. The van der Waals surface area contributed by atoms with Gasteiger partial charge in [0.25, 0.3) is 0 Å². The smallest absolute Gasteiger partial charge is 0.341 e. The van der Waals surface area contributed by atoms with Crippen LogP contribution in [0.15, 0.2) is 79.1 Å². The number of aromatic amines is 1. The fourth-order valence-electron chi connectivity index (χ4n) is 4.34. The van der Waals surface area contributed by atoms with Gasteiger partial charge >= 0.3 is 12.0 Å². The Morgan fingerprint density at radius 1 is 1.21 bits per heavy atom. The molecule has 1 aromatic carbocycles. The van der Waals surface area contributed by atoms with E-state index in [0.717, 1.165) is 28.6 Å². The molecular weight excluding hydrogens is 434 g/mol. The highest BCUT2D eigenvalue weighted by Crippen LogP contribution is 2.33. The number of fused-ring (bicyclic) bond motifs is 3. The van der Waals surface area contributed by atoms with E-state index < -0.39 is 5.97 Å². The van der Waals surface area contributed by atoms with Gasteiger partial charge in [0.15, 0.2) is 6.26 Å². The molecule has 8 nitrogen and oxygen atoms in total. The Bertz CT molecular complexity index is 1280. The Morgan fingerprint density at radius 2 is 2.09 bits per heavy atom. The summed E-state index contributed by atoms with van der Waals surface area (Å²) in [6.45, 7) is 2.37. The van der Waals surface area contributed by atoms with Gasteiger partial charge in [0.05, 0.1) is 17.9 Å². The van der Waals surface area contributed by atoms with Crippen LogP contribution >= 0.6 is 0 Å². The fourth-order valence-corrected chi connectivity index (χ4v) is 4.34. The number of carbonyl (C=O) groups excluding carboxylic acids is 2. The molecule has 174 valence electrons. The van der Waals surface area contributed by atoms with Crippen molar-refractivity contribution < 1.29 is 23.8 Å². The minimum absolute atomic E-state index is 0.232. The number of H-pyrrole nitrogens is 1. The highest BCUT2D eigenvalue weighted by molar-refractivity contribution is 6.18. The highest BCUT2D eigenvalue weighted by Gasteiger charge is 2.32. The third-order valence-electron chi connectivity index (χ3n) is 5.89. The Labute approximate surface area is 197 Å². The summed E-state index contributed by atoms with van der Waals surface area (Å²) >= 11 is 0. The van der Waals surface area contributed by atoms with E-state index in [2.05, 4.69) is 4.98 Å². The molecule has 0 radical (unpaired) electrons. The first-order valence-corrected chi connectivity index (χ1v) is 11.3. The van der Waals surface area contributed by atoms with E-state index in [9.17, 15) is 9.59 Å². The molecule has 2 amide bonds. The number of para-hydroxylation sites is 1. The van der Waals surface area contributed by atoms with Crippen LogP contribution in [-0.2, 0) is 25.4 Å². The second-order valence-electron chi connectivity index (χ2n) is 7.96. The molecule has 34 heavy (non-hydrogen) atoms. The molecule has 0 atom stereocenters. The second kappa shape index (κ2) is 9.35. The molecule has 1 aliphatic carbocycles. The molecule has 0 bridgehead atoms. The summed E-state index contributed by atoms with van der Waals surface area (Å²) in [6.07, 6.45) is 13.6. The summed E-state index contributed by atoms with van der Waals surface area (Å²) in [5.74, 6) is -0.228. The van der Waals surface area contributed by atoms with E-state index >= 15 is 0 Å². The van der Waals surface area contributed by atoms with Crippen molar-refractivity contribution in [3.8, 4) is 0 Å². The third kappa shape index (κ3) is 3.98. The van der Waals surface area contributed by atoms with Gasteiger partial charge in [-0.3, -0.25) is 4.90 Å². The van der Waals surface area contributed by atoms with Crippen LogP contribution in [0.4, 0.5) is 4.79 Å². The van der Waals surface area contributed by atoms with Crippen LogP contribution in [0.1, 0.15) is 31.0 Å². The highest BCUT2D eigenvalue weighted by atomic mass is 16.5. The number of nitrogens with one attached hydrogen (secondary N) is 1. The monoisotopic (exact) mass is 459 g/mol. The van der Waals surface area contributed by atoms with Gasteiger partial charge < -0.3 is 19.2 Å². The van der Waals surface area contributed by atoms with Crippen molar-refractivity contribution in [1.82, 2.24) is 14.8 Å². The van der Waals surface area contributed by atoms with Crippen LogP contribution in [0.5, 0.6) is 0 Å². The van der Waals surface area contributed by atoms with Crippen LogP contribution < -0.4 is 0 Å². The lowest BCUT2D eigenvalue weighted by atomic mass is 10.0. The van der Waals surface area contributed by atoms with Gasteiger partial charge in [-0.2, -0.15) is 0 Å². The molecule has 0 spiro atoms. The normalized spacial score (nSPS) is 17.0. The van der Waals surface area contributed by atoms with Crippen molar-refractivity contribution in [2.24, 2.45) is 0 Å². The lowest BCUT2D eigenvalue weighted by Crippen LogP contribution is -2.41. The van der Waals surface area contributed by atoms with E-state index in [1.165, 1.54) is 28.6 Å². The molecule has 1 N–H and O–H groups in total. The van der Waals surface area contributed by atoms with Crippen LogP contribution in [0.25, 0.3) is 16.5 Å². The van der Waals surface area contributed by atoms with E-state index in [1.807, 2.05) is 42.5 Å².